The molecule has 5 heteroatoms. The number of carbonyl (C=O) groups excluding carboxylic acids is 1. The molecule has 0 aromatic rings. The average Bonchev–Trinajstić information content (AvgIpc) is 2.14. The van der Waals surface area contributed by atoms with Crippen molar-refractivity contribution < 1.29 is 9.53 Å². The molecular formula is C10H22N2O2Si. The molecule has 1 saturated heterocycles. The Hall–Kier alpha value is -0.393. The van der Waals surface area contributed by atoms with Crippen LogP contribution in [0, 0.1) is 0 Å². The SMILES string of the molecule is C[Si](C)(C)CCN1CCOC(C(N)=O)C1. The lowest BCUT2D eigenvalue weighted by Gasteiger charge is -2.32. The molecule has 0 bridgehead atoms. The molecule has 1 aliphatic rings. The minimum absolute atomic E-state index is 0.340. The predicted octanol–water partition coefficient (Wildman–Crippen LogP) is 0.511. The Morgan fingerprint density at radius 1 is 1.53 bits per heavy atom. The van der Waals surface area contributed by atoms with Gasteiger partial charge in [-0.15, -0.1) is 0 Å². The van der Waals surface area contributed by atoms with Crippen LogP contribution in [0.15, 0.2) is 0 Å². The lowest BCUT2D eigenvalue weighted by Crippen LogP contribution is -2.49. The maximum atomic E-state index is 11.0. The summed E-state index contributed by atoms with van der Waals surface area (Å²) in [4.78, 5) is 13.3. The van der Waals surface area contributed by atoms with Crippen LogP contribution in [0.25, 0.3) is 0 Å². The number of carbonyl (C=O) groups is 1. The van der Waals surface area contributed by atoms with Gasteiger partial charge < -0.3 is 10.5 Å². The normalized spacial score (nSPS) is 24.1. The minimum atomic E-state index is -0.989. The van der Waals surface area contributed by atoms with Crippen LogP contribution in [0.1, 0.15) is 0 Å². The number of nitrogens with two attached hydrogens (primary N) is 1. The molecule has 1 heterocycles. The first-order valence-corrected chi connectivity index (χ1v) is 9.22. The molecule has 1 unspecified atom stereocenters. The van der Waals surface area contributed by atoms with Crippen molar-refractivity contribution in [3.05, 3.63) is 0 Å². The molecule has 2 N–H and O–H groups in total. The van der Waals surface area contributed by atoms with Crippen LogP contribution < -0.4 is 5.73 Å². The zero-order valence-electron chi connectivity index (χ0n) is 9.95. The Morgan fingerprint density at radius 2 is 2.20 bits per heavy atom. The summed E-state index contributed by atoms with van der Waals surface area (Å²) in [5, 5.41) is 0. The predicted molar refractivity (Wildman–Crippen MR) is 63.5 cm³/mol. The first kappa shape index (κ1) is 12.7. The number of primary amides is 1. The van der Waals surface area contributed by atoms with Crippen molar-refractivity contribution in [1.29, 1.82) is 0 Å². The van der Waals surface area contributed by atoms with E-state index in [1.807, 2.05) is 0 Å². The molecule has 1 aliphatic heterocycles. The summed E-state index contributed by atoms with van der Waals surface area (Å²) in [6, 6.07) is 1.26. The van der Waals surface area contributed by atoms with E-state index in [-0.39, 0.29) is 5.91 Å². The Kier molecular flexibility index (Phi) is 4.30. The van der Waals surface area contributed by atoms with Gasteiger partial charge in [-0.3, -0.25) is 9.69 Å². The molecular weight excluding hydrogens is 208 g/mol. The topological polar surface area (TPSA) is 55.6 Å². The van der Waals surface area contributed by atoms with Crippen LogP contribution in [0.2, 0.25) is 25.7 Å². The van der Waals surface area contributed by atoms with E-state index >= 15 is 0 Å². The van der Waals surface area contributed by atoms with Gasteiger partial charge in [0.15, 0.2) is 0 Å². The number of hydrogen-bond acceptors (Lipinski definition) is 3. The van der Waals surface area contributed by atoms with E-state index in [4.69, 9.17) is 10.5 Å². The van der Waals surface area contributed by atoms with Crippen molar-refractivity contribution in [3.8, 4) is 0 Å². The lowest BCUT2D eigenvalue weighted by molar-refractivity contribution is -0.134. The van der Waals surface area contributed by atoms with Gasteiger partial charge in [-0.1, -0.05) is 19.6 Å². The molecule has 1 atom stereocenters. The molecule has 1 fully saturated rings. The van der Waals surface area contributed by atoms with Crippen LogP contribution in [-0.4, -0.2) is 51.2 Å². The number of morpholine rings is 1. The fraction of sp³-hybridized carbons (Fsp3) is 0.900. The highest BCUT2D eigenvalue weighted by molar-refractivity contribution is 6.76. The third-order valence-electron chi connectivity index (χ3n) is 2.65. The lowest BCUT2D eigenvalue weighted by atomic mass is 10.2. The van der Waals surface area contributed by atoms with Crippen molar-refractivity contribution in [2.75, 3.05) is 26.2 Å². The molecule has 1 amide bonds. The standard InChI is InChI=1S/C10H22N2O2Si/c1-15(2,3)7-5-12-4-6-14-9(8-12)10(11)13/h9H,4-8H2,1-3H3,(H2,11,13). The van der Waals surface area contributed by atoms with Crippen molar-refractivity contribution in [2.24, 2.45) is 5.73 Å². The largest absolute Gasteiger partial charge is 0.367 e. The van der Waals surface area contributed by atoms with E-state index in [9.17, 15) is 4.79 Å². The number of rotatable bonds is 4. The van der Waals surface area contributed by atoms with Gasteiger partial charge in [-0.05, 0) is 12.6 Å². The third-order valence-corrected chi connectivity index (χ3v) is 4.37. The Balaban J connectivity index is 2.34. The monoisotopic (exact) mass is 230 g/mol. The smallest absolute Gasteiger partial charge is 0.247 e. The van der Waals surface area contributed by atoms with Crippen LogP contribution in [0.3, 0.4) is 0 Å². The van der Waals surface area contributed by atoms with E-state index in [0.717, 1.165) is 13.1 Å². The van der Waals surface area contributed by atoms with Crippen LogP contribution in [0.4, 0.5) is 0 Å². The van der Waals surface area contributed by atoms with E-state index in [0.29, 0.717) is 13.2 Å². The van der Waals surface area contributed by atoms with Gasteiger partial charge in [0.05, 0.1) is 6.61 Å². The van der Waals surface area contributed by atoms with Gasteiger partial charge in [-0.25, -0.2) is 0 Å². The third kappa shape index (κ3) is 4.77. The minimum Gasteiger partial charge on any atom is -0.367 e. The number of ether oxygens (including phenoxy) is 1. The molecule has 4 nitrogen and oxygen atoms in total. The second kappa shape index (κ2) is 5.09. The highest BCUT2D eigenvalue weighted by Gasteiger charge is 2.25. The molecule has 0 radical (unpaired) electrons. The average molecular weight is 230 g/mol. The molecule has 0 aromatic heterocycles. The maximum Gasteiger partial charge on any atom is 0.247 e. The van der Waals surface area contributed by atoms with Gasteiger partial charge in [0.2, 0.25) is 5.91 Å². The van der Waals surface area contributed by atoms with Crippen LogP contribution in [-0.2, 0) is 9.53 Å². The zero-order chi connectivity index (χ0) is 11.5. The second-order valence-electron chi connectivity index (χ2n) is 5.37. The molecule has 15 heavy (non-hydrogen) atoms. The van der Waals surface area contributed by atoms with Gasteiger partial charge in [0.25, 0.3) is 0 Å². The van der Waals surface area contributed by atoms with Gasteiger partial charge in [0, 0.05) is 21.2 Å². The highest BCUT2D eigenvalue weighted by Crippen LogP contribution is 2.12. The Bertz CT molecular complexity index is 228. The highest BCUT2D eigenvalue weighted by atomic mass is 28.3. The van der Waals surface area contributed by atoms with Crippen molar-refractivity contribution >= 4 is 14.0 Å². The Morgan fingerprint density at radius 3 is 2.73 bits per heavy atom. The maximum absolute atomic E-state index is 11.0. The second-order valence-corrected chi connectivity index (χ2v) is 11.0. The fourth-order valence-corrected chi connectivity index (χ4v) is 2.56. The summed E-state index contributed by atoms with van der Waals surface area (Å²) in [5.74, 6) is -0.340. The van der Waals surface area contributed by atoms with Crippen LogP contribution >= 0.6 is 0 Å². The summed E-state index contributed by atoms with van der Waals surface area (Å²) in [5.41, 5.74) is 5.23. The molecule has 88 valence electrons. The zero-order valence-corrected chi connectivity index (χ0v) is 11.0. The summed E-state index contributed by atoms with van der Waals surface area (Å²) in [7, 11) is -0.989. The summed E-state index contributed by atoms with van der Waals surface area (Å²) >= 11 is 0. The van der Waals surface area contributed by atoms with E-state index in [1.54, 1.807) is 0 Å². The quantitative estimate of drug-likeness (QED) is 0.716. The summed E-state index contributed by atoms with van der Waals surface area (Å²) in [6.07, 6.45) is -0.402. The van der Waals surface area contributed by atoms with Gasteiger partial charge in [0.1, 0.15) is 6.10 Å². The van der Waals surface area contributed by atoms with E-state index in [2.05, 4.69) is 24.5 Å². The van der Waals surface area contributed by atoms with E-state index in [1.165, 1.54) is 6.04 Å². The molecule has 0 aliphatic carbocycles. The number of nitrogens with zero attached hydrogens (tertiary/aromatic N) is 1. The Labute approximate surface area is 92.8 Å². The fourth-order valence-electron chi connectivity index (χ4n) is 1.57. The van der Waals surface area contributed by atoms with E-state index < -0.39 is 14.2 Å². The van der Waals surface area contributed by atoms with Crippen molar-refractivity contribution in [3.63, 3.8) is 0 Å². The summed E-state index contributed by atoms with van der Waals surface area (Å²) < 4.78 is 5.30. The van der Waals surface area contributed by atoms with Crippen molar-refractivity contribution in [2.45, 2.75) is 31.8 Å². The molecule has 0 saturated carbocycles. The molecule has 0 spiro atoms. The van der Waals surface area contributed by atoms with Crippen LogP contribution in [0.5, 0.6) is 0 Å². The first-order valence-electron chi connectivity index (χ1n) is 5.52. The summed E-state index contributed by atoms with van der Waals surface area (Å²) in [6.45, 7) is 10.4. The van der Waals surface area contributed by atoms with Crippen molar-refractivity contribution in [1.82, 2.24) is 4.90 Å². The molecule has 0 aromatic carbocycles. The number of amides is 1. The molecule has 1 rings (SSSR count). The van der Waals surface area contributed by atoms with Gasteiger partial charge in [-0.2, -0.15) is 0 Å². The number of hydrogen-bond donors (Lipinski definition) is 1. The van der Waals surface area contributed by atoms with Gasteiger partial charge >= 0.3 is 0 Å². The first-order chi connectivity index (χ1) is 6.88.